The second kappa shape index (κ2) is 4.70. The normalized spacial score (nSPS) is 12.9. The molecule has 0 spiro atoms. The largest absolute Gasteiger partial charge is 0.393 e. The summed E-state index contributed by atoms with van der Waals surface area (Å²) in [4.78, 5) is 9.37. The van der Waals surface area contributed by atoms with E-state index in [1.54, 1.807) is 6.20 Å². The molecule has 2 heterocycles. The maximum Gasteiger partial charge on any atom is 0.160 e. The third-order valence-electron chi connectivity index (χ3n) is 2.68. The predicted molar refractivity (Wildman–Crippen MR) is 75.9 cm³/mol. The highest BCUT2D eigenvalue weighted by Crippen LogP contribution is 2.19. The summed E-state index contributed by atoms with van der Waals surface area (Å²) in [5.41, 5.74) is 7.39. The van der Waals surface area contributed by atoms with Crippen LogP contribution in [0.4, 0.5) is 0 Å². The molecule has 2 rings (SSSR count). The molecule has 6 heteroatoms. The molecule has 0 bridgehead atoms. The molecule has 2 N–H and O–H groups in total. The first kappa shape index (κ1) is 12.4. The Morgan fingerprint density at radius 1 is 1.65 bits per heavy atom. The Hall–Kier alpha value is -1.01. The van der Waals surface area contributed by atoms with Gasteiger partial charge in [0.05, 0.1) is 4.99 Å². The Morgan fingerprint density at radius 2 is 2.35 bits per heavy atom. The minimum atomic E-state index is 0.131. The van der Waals surface area contributed by atoms with E-state index in [2.05, 4.69) is 25.9 Å². The van der Waals surface area contributed by atoms with Crippen molar-refractivity contribution >= 4 is 44.3 Å². The lowest BCUT2D eigenvalue weighted by molar-refractivity contribution is 0.595. The molecule has 2 aromatic heterocycles. The molecule has 4 nitrogen and oxygen atoms in total. The number of aromatic nitrogens is 3. The van der Waals surface area contributed by atoms with E-state index in [-0.39, 0.29) is 5.92 Å². The number of nitrogens with two attached hydrogens (primary N) is 1. The van der Waals surface area contributed by atoms with Crippen molar-refractivity contribution < 1.29 is 0 Å². The van der Waals surface area contributed by atoms with Gasteiger partial charge in [0, 0.05) is 23.1 Å². The van der Waals surface area contributed by atoms with Gasteiger partial charge in [0.15, 0.2) is 5.65 Å². The number of pyridine rings is 1. The molecule has 0 saturated heterocycles. The van der Waals surface area contributed by atoms with Crippen molar-refractivity contribution in [2.24, 2.45) is 11.7 Å². The molecule has 0 aromatic carbocycles. The number of nitrogens with zero attached hydrogens (tertiary/aromatic N) is 3. The number of halogens is 1. The zero-order valence-corrected chi connectivity index (χ0v) is 12.0. The van der Waals surface area contributed by atoms with E-state index in [1.165, 1.54) is 0 Å². The van der Waals surface area contributed by atoms with Gasteiger partial charge in [-0.3, -0.25) is 0 Å². The Labute approximate surface area is 113 Å². The van der Waals surface area contributed by atoms with Crippen molar-refractivity contribution in [2.45, 2.75) is 20.4 Å². The third-order valence-corrected chi connectivity index (χ3v) is 3.52. The summed E-state index contributed by atoms with van der Waals surface area (Å²) in [5.74, 6) is 1.06. The van der Waals surface area contributed by atoms with Gasteiger partial charge in [-0.1, -0.05) is 19.1 Å². The summed E-state index contributed by atoms with van der Waals surface area (Å²) in [6.45, 7) is 4.68. The Morgan fingerprint density at radius 3 is 3.00 bits per heavy atom. The predicted octanol–water partition coefficient (Wildman–Crippen LogP) is 2.42. The van der Waals surface area contributed by atoms with Crippen molar-refractivity contribution in [3.8, 4) is 0 Å². The van der Waals surface area contributed by atoms with E-state index >= 15 is 0 Å². The average Bonchev–Trinajstić information content (AvgIpc) is 2.54. The van der Waals surface area contributed by atoms with E-state index in [0.717, 1.165) is 21.5 Å². The average molecular weight is 313 g/mol. The summed E-state index contributed by atoms with van der Waals surface area (Å²) in [7, 11) is 0. The zero-order chi connectivity index (χ0) is 12.6. The van der Waals surface area contributed by atoms with E-state index < -0.39 is 0 Å². The topological polar surface area (TPSA) is 56.7 Å². The van der Waals surface area contributed by atoms with Crippen LogP contribution in [0.3, 0.4) is 0 Å². The lowest BCUT2D eigenvalue weighted by Crippen LogP contribution is -2.23. The Balaban J connectivity index is 2.46. The van der Waals surface area contributed by atoms with Crippen LogP contribution in [0.25, 0.3) is 11.2 Å². The molecule has 1 unspecified atom stereocenters. The molecule has 0 amide bonds. The molecular weight excluding hydrogens is 300 g/mol. The van der Waals surface area contributed by atoms with E-state index in [4.69, 9.17) is 18.0 Å². The molecule has 0 radical (unpaired) electrons. The van der Waals surface area contributed by atoms with Crippen molar-refractivity contribution in [1.82, 2.24) is 14.5 Å². The highest BCUT2D eigenvalue weighted by atomic mass is 79.9. The van der Waals surface area contributed by atoms with Gasteiger partial charge < -0.3 is 10.3 Å². The van der Waals surface area contributed by atoms with Crippen LogP contribution >= 0.6 is 28.1 Å². The van der Waals surface area contributed by atoms with Crippen LogP contribution in [0, 0.1) is 12.8 Å². The molecule has 90 valence electrons. The molecule has 1 atom stereocenters. The maximum absolute atomic E-state index is 5.64. The number of fused-ring (bicyclic) bond motifs is 1. The zero-order valence-electron chi connectivity index (χ0n) is 9.64. The third kappa shape index (κ3) is 2.47. The van der Waals surface area contributed by atoms with Crippen molar-refractivity contribution in [2.75, 3.05) is 0 Å². The van der Waals surface area contributed by atoms with Gasteiger partial charge in [-0.15, -0.1) is 0 Å². The van der Waals surface area contributed by atoms with Crippen LogP contribution in [-0.2, 0) is 6.54 Å². The van der Waals surface area contributed by atoms with E-state index in [0.29, 0.717) is 11.5 Å². The van der Waals surface area contributed by atoms with Gasteiger partial charge in [-0.05, 0) is 28.9 Å². The maximum atomic E-state index is 5.64. The smallest absolute Gasteiger partial charge is 0.160 e. The summed E-state index contributed by atoms with van der Waals surface area (Å²) >= 11 is 8.38. The van der Waals surface area contributed by atoms with Crippen LogP contribution in [0.2, 0.25) is 0 Å². The summed E-state index contributed by atoms with van der Waals surface area (Å²) in [5, 5.41) is 0. The molecular formula is C11H13BrN4S. The van der Waals surface area contributed by atoms with Crippen molar-refractivity contribution in [1.29, 1.82) is 0 Å². The van der Waals surface area contributed by atoms with Gasteiger partial charge in [-0.25, -0.2) is 9.97 Å². The van der Waals surface area contributed by atoms with Gasteiger partial charge in [0.25, 0.3) is 0 Å². The van der Waals surface area contributed by atoms with E-state index in [9.17, 15) is 0 Å². The number of hydrogen-bond acceptors (Lipinski definition) is 3. The molecule has 0 aliphatic rings. The number of imidazole rings is 1. The van der Waals surface area contributed by atoms with Crippen LogP contribution in [0.15, 0.2) is 16.7 Å². The van der Waals surface area contributed by atoms with Crippen LogP contribution in [0.5, 0.6) is 0 Å². The van der Waals surface area contributed by atoms with Gasteiger partial charge >= 0.3 is 0 Å². The highest BCUT2D eigenvalue weighted by molar-refractivity contribution is 9.10. The lowest BCUT2D eigenvalue weighted by Gasteiger charge is -2.12. The molecule has 2 aromatic rings. The van der Waals surface area contributed by atoms with Gasteiger partial charge in [-0.2, -0.15) is 0 Å². The van der Waals surface area contributed by atoms with Crippen LogP contribution in [-0.4, -0.2) is 19.5 Å². The summed E-state index contributed by atoms with van der Waals surface area (Å²) in [6.07, 6.45) is 1.77. The minimum Gasteiger partial charge on any atom is -0.393 e. The fraction of sp³-hybridized carbons (Fsp3) is 0.364. The van der Waals surface area contributed by atoms with E-state index in [1.807, 2.05) is 24.5 Å². The second-order valence-corrected chi connectivity index (χ2v) is 5.46. The molecule has 0 saturated carbocycles. The SMILES string of the molecule is Cc1nc2cc(Br)cnc2n1CC(C)C(N)=S. The molecule has 17 heavy (non-hydrogen) atoms. The fourth-order valence-corrected chi connectivity index (χ4v) is 2.08. The first-order valence-corrected chi connectivity index (χ1v) is 6.47. The van der Waals surface area contributed by atoms with Gasteiger partial charge in [0.1, 0.15) is 11.3 Å². The second-order valence-electron chi connectivity index (χ2n) is 4.07. The fourth-order valence-electron chi connectivity index (χ4n) is 1.68. The van der Waals surface area contributed by atoms with Crippen molar-refractivity contribution in [3.05, 3.63) is 22.6 Å². The standard InChI is InChI=1S/C11H13BrN4S/c1-6(10(13)17)5-16-7(2)15-9-3-8(12)4-14-11(9)16/h3-4,6H,5H2,1-2H3,(H2,13,17). The Bertz CT molecular complexity index is 578. The Kier molecular flexibility index (Phi) is 3.44. The van der Waals surface area contributed by atoms with Crippen LogP contribution < -0.4 is 5.73 Å². The molecule has 0 aliphatic heterocycles. The number of rotatable bonds is 3. The lowest BCUT2D eigenvalue weighted by atomic mass is 10.2. The minimum absolute atomic E-state index is 0.131. The van der Waals surface area contributed by atoms with Crippen molar-refractivity contribution in [3.63, 3.8) is 0 Å². The highest BCUT2D eigenvalue weighted by Gasteiger charge is 2.13. The summed E-state index contributed by atoms with van der Waals surface area (Å²) < 4.78 is 2.98. The number of aryl methyl sites for hydroxylation is 1. The van der Waals surface area contributed by atoms with Crippen LogP contribution in [0.1, 0.15) is 12.7 Å². The monoisotopic (exact) mass is 312 g/mol. The number of thiocarbonyl (C=S) groups is 1. The molecule has 0 fully saturated rings. The summed E-state index contributed by atoms with van der Waals surface area (Å²) in [6, 6.07) is 1.96. The molecule has 0 aliphatic carbocycles. The van der Waals surface area contributed by atoms with Gasteiger partial charge in [0.2, 0.25) is 0 Å². The first-order chi connectivity index (χ1) is 7.99. The first-order valence-electron chi connectivity index (χ1n) is 5.26. The number of hydrogen-bond donors (Lipinski definition) is 1. The quantitative estimate of drug-likeness (QED) is 0.884.